The lowest BCUT2D eigenvalue weighted by atomic mass is 9.87. The van der Waals surface area contributed by atoms with Gasteiger partial charge in [-0.05, 0) is 118 Å². The average Bonchev–Trinajstić information content (AvgIpc) is 3.63. The summed E-state index contributed by atoms with van der Waals surface area (Å²) in [4.78, 5) is 2.52. The number of phenolic OH excluding ortho intramolecular Hbond substituents is 2. The van der Waals surface area contributed by atoms with Crippen LogP contribution in [0.1, 0.15) is 60.1 Å². The fourth-order valence-electron chi connectivity index (χ4n) is 4.48. The summed E-state index contributed by atoms with van der Waals surface area (Å²) in [6.07, 6.45) is 9.94. The van der Waals surface area contributed by atoms with Gasteiger partial charge in [-0.2, -0.15) is 10.2 Å². The fourth-order valence-corrected chi connectivity index (χ4v) is 5.74. The normalized spacial score (nSPS) is 13.6. The summed E-state index contributed by atoms with van der Waals surface area (Å²) in [7, 11) is -3.58. The van der Waals surface area contributed by atoms with E-state index in [2.05, 4.69) is 46.0 Å². The number of tetrazole rings is 2. The predicted molar refractivity (Wildman–Crippen MR) is 167 cm³/mol. The minimum Gasteiger partial charge on any atom is -0.507 e. The molecule has 45 heavy (non-hydrogen) atoms. The van der Waals surface area contributed by atoms with Gasteiger partial charge < -0.3 is 10.2 Å². The zero-order valence-electron chi connectivity index (χ0n) is 24.8. The van der Waals surface area contributed by atoms with E-state index in [1.807, 2.05) is 13.0 Å². The first-order valence-corrected chi connectivity index (χ1v) is 15.7. The van der Waals surface area contributed by atoms with E-state index < -0.39 is 10.0 Å². The van der Waals surface area contributed by atoms with Crippen molar-refractivity contribution in [2.75, 3.05) is 5.75 Å². The van der Waals surface area contributed by atoms with E-state index >= 15 is 0 Å². The molecule has 2 aromatic carbocycles. The maximum Gasteiger partial charge on any atom is 0.232 e. The summed E-state index contributed by atoms with van der Waals surface area (Å²) in [5.41, 5.74) is 3.46. The molecule has 16 heteroatoms. The molecule has 232 valence electrons. The maximum atomic E-state index is 12.7. The Hall–Kier alpha value is -5.51. The first-order valence-electron chi connectivity index (χ1n) is 14.0. The second-order valence-electron chi connectivity index (χ2n) is 10.2. The highest BCUT2D eigenvalue weighted by atomic mass is 32.2. The molecular formula is C29H31N11O4S. The molecule has 0 bridgehead atoms. The Bertz CT molecular complexity index is 1870. The number of hydrogen-bond donors (Lipinski definition) is 3. The van der Waals surface area contributed by atoms with Crippen molar-refractivity contribution in [1.82, 2.24) is 45.4 Å². The minimum atomic E-state index is -3.58. The van der Waals surface area contributed by atoms with Crippen LogP contribution in [-0.2, 0) is 10.0 Å². The third kappa shape index (κ3) is 7.53. The molecule has 5 rings (SSSR count). The van der Waals surface area contributed by atoms with Crippen molar-refractivity contribution in [3.63, 3.8) is 0 Å². The molecule has 4 aromatic rings. The third-order valence-electron chi connectivity index (χ3n) is 6.75. The molecule has 0 unspecified atom stereocenters. The van der Waals surface area contributed by atoms with Crippen molar-refractivity contribution in [3.05, 3.63) is 99.8 Å². The highest BCUT2D eigenvalue weighted by Gasteiger charge is 2.21. The zero-order chi connectivity index (χ0) is 32.0. The van der Waals surface area contributed by atoms with Crippen LogP contribution in [0.4, 0.5) is 0 Å². The summed E-state index contributed by atoms with van der Waals surface area (Å²) in [6, 6.07) is 9.80. The monoisotopic (exact) mass is 629 g/mol. The van der Waals surface area contributed by atoms with Crippen LogP contribution in [0, 0.1) is 13.8 Å². The van der Waals surface area contributed by atoms with Crippen LogP contribution < -0.4 is 4.72 Å². The second kappa shape index (κ2) is 13.4. The van der Waals surface area contributed by atoms with Gasteiger partial charge in [-0.1, -0.05) is 19.4 Å². The van der Waals surface area contributed by atoms with E-state index in [1.54, 1.807) is 50.3 Å². The lowest BCUT2D eigenvalue weighted by Gasteiger charge is -2.20. The standard InChI is InChI=1S/C29H31N11O4S/c1-4-5-13-45(43,44)34-24-8-6-7-23(16-24)29(25-14-21(9-11-27(25)41)17-30-39-19(2)32-35-37-39)26-15-22(10-12-28(26)42)18-31-40-20(3)33-36-38-40/h6,8-12,14-18,34,41-42H,4-5,7,13H2,1-3H3. The maximum absolute atomic E-state index is 12.7. The number of unbranched alkanes of at least 4 members (excludes halogenated alkanes) is 1. The third-order valence-corrected chi connectivity index (χ3v) is 8.12. The van der Waals surface area contributed by atoms with Crippen molar-refractivity contribution >= 4 is 28.0 Å². The Balaban J connectivity index is 1.65. The molecule has 2 aromatic heterocycles. The van der Waals surface area contributed by atoms with Crippen LogP contribution in [0.25, 0.3) is 5.57 Å². The zero-order valence-corrected chi connectivity index (χ0v) is 25.6. The summed E-state index contributed by atoms with van der Waals surface area (Å²) in [6.45, 7) is 5.34. The van der Waals surface area contributed by atoms with Crippen LogP contribution >= 0.6 is 0 Å². The van der Waals surface area contributed by atoms with Gasteiger partial charge in [-0.3, -0.25) is 4.72 Å². The molecule has 0 spiro atoms. The van der Waals surface area contributed by atoms with Crippen LogP contribution in [0.15, 0.2) is 76.1 Å². The first kappa shape index (κ1) is 30.9. The molecule has 0 fully saturated rings. The Labute approximate surface area is 259 Å². The molecule has 0 atom stereocenters. The lowest BCUT2D eigenvalue weighted by Crippen LogP contribution is -2.25. The van der Waals surface area contributed by atoms with Crippen LogP contribution in [-0.4, -0.2) is 77.4 Å². The van der Waals surface area contributed by atoms with Gasteiger partial charge in [0, 0.05) is 16.8 Å². The summed E-state index contributed by atoms with van der Waals surface area (Å²) >= 11 is 0. The minimum absolute atomic E-state index is 0.00749. The number of hydrogen-bond acceptors (Lipinski definition) is 12. The van der Waals surface area contributed by atoms with Gasteiger partial charge >= 0.3 is 0 Å². The molecule has 0 radical (unpaired) electrons. The van der Waals surface area contributed by atoms with Crippen molar-refractivity contribution in [2.24, 2.45) is 10.2 Å². The fraction of sp³-hybridized carbons (Fsp3) is 0.241. The van der Waals surface area contributed by atoms with Gasteiger partial charge in [0.25, 0.3) is 0 Å². The summed E-state index contributed by atoms with van der Waals surface area (Å²) in [5.74, 6) is 0.836. The van der Waals surface area contributed by atoms with Crippen molar-refractivity contribution in [2.45, 2.75) is 40.0 Å². The molecule has 0 saturated heterocycles. The number of phenols is 2. The topological polar surface area (TPSA) is 199 Å². The molecule has 1 aliphatic carbocycles. The predicted octanol–water partition coefficient (Wildman–Crippen LogP) is 2.82. The van der Waals surface area contributed by atoms with E-state index in [-0.39, 0.29) is 17.3 Å². The van der Waals surface area contributed by atoms with Crippen molar-refractivity contribution in [3.8, 4) is 11.5 Å². The number of sulfonamides is 1. The van der Waals surface area contributed by atoms with Crippen molar-refractivity contribution < 1.29 is 18.6 Å². The molecule has 0 saturated carbocycles. The molecule has 2 heterocycles. The van der Waals surface area contributed by atoms with E-state index in [0.717, 1.165) is 6.42 Å². The van der Waals surface area contributed by atoms with Gasteiger partial charge in [0.1, 0.15) is 11.5 Å². The molecule has 15 nitrogen and oxygen atoms in total. The highest BCUT2D eigenvalue weighted by Crippen LogP contribution is 2.40. The van der Waals surface area contributed by atoms with Gasteiger partial charge in [0.2, 0.25) is 10.0 Å². The molecule has 1 aliphatic rings. The van der Waals surface area contributed by atoms with E-state index in [1.165, 1.54) is 34.1 Å². The quantitative estimate of drug-likeness (QED) is 0.207. The number of aromatic nitrogens is 8. The first-order chi connectivity index (χ1) is 21.6. The molecule has 3 N–H and O–H groups in total. The van der Waals surface area contributed by atoms with Gasteiger partial charge in [0.05, 0.1) is 18.2 Å². The number of nitrogens with zero attached hydrogens (tertiary/aromatic N) is 10. The SMILES string of the molecule is CCCCS(=O)(=O)NC1=CC(=C(c2cc(C=Nn3nnnc3C)ccc2O)c2cc(C=Nn3nnnc3C)ccc2O)CC=C1. The number of rotatable bonds is 11. The lowest BCUT2D eigenvalue weighted by molar-refractivity contribution is 0.471. The average molecular weight is 630 g/mol. The summed E-state index contributed by atoms with van der Waals surface area (Å²) < 4.78 is 28.1. The number of benzene rings is 2. The Kier molecular flexibility index (Phi) is 9.22. The number of nitrogens with one attached hydrogen (secondary N) is 1. The number of allylic oxidation sites excluding steroid dienone is 4. The summed E-state index contributed by atoms with van der Waals surface area (Å²) in [5, 5.41) is 53.3. The van der Waals surface area contributed by atoms with E-state index in [9.17, 15) is 18.6 Å². The van der Waals surface area contributed by atoms with E-state index in [4.69, 9.17) is 0 Å². The second-order valence-corrected chi connectivity index (χ2v) is 12.0. The largest absolute Gasteiger partial charge is 0.507 e. The van der Waals surface area contributed by atoms with Crippen LogP contribution in [0.5, 0.6) is 11.5 Å². The Morgan fingerprint density at radius 3 is 1.98 bits per heavy atom. The highest BCUT2D eigenvalue weighted by molar-refractivity contribution is 7.89. The molecule has 0 amide bonds. The van der Waals surface area contributed by atoms with Crippen molar-refractivity contribution in [1.29, 1.82) is 0 Å². The molecule has 0 aliphatic heterocycles. The Morgan fingerprint density at radius 1 is 0.933 bits per heavy atom. The van der Waals surface area contributed by atoms with Gasteiger partial charge in [-0.15, -0.1) is 19.8 Å². The molecular weight excluding hydrogens is 598 g/mol. The number of aryl methyl sites for hydroxylation is 2. The van der Waals surface area contributed by atoms with E-state index in [0.29, 0.717) is 63.6 Å². The Morgan fingerprint density at radius 2 is 1.49 bits per heavy atom. The van der Waals surface area contributed by atoms with Crippen LogP contribution in [0.2, 0.25) is 0 Å². The van der Waals surface area contributed by atoms with Crippen LogP contribution in [0.3, 0.4) is 0 Å². The number of aromatic hydroxyl groups is 2. The van der Waals surface area contributed by atoms with Gasteiger partial charge in [-0.25, -0.2) is 8.42 Å². The van der Waals surface area contributed by atoms with Gasteiger partial charge in [0.15, 0.2) is 11.6 Å². The smallest absolute Gasteiger partial charge is 0.232 e.